The number of amides is 1. The van der Waals surface area contributed by atoms with Crippen molar-refractivity contribution in [2.24, 2.45) is 5.16 Å². The second-order valence-corrected chi connectivity index (χ2v) is 11.1. The lowest BCUT2D eigenvalue weighted by molar-refractivity contribution is -0.152. The Morgan fingerprint density at radius 2 is 1.73 bits per heavy atom. The molecular formula is C21H18Cl2F2N2O5S. The lowest BCUT2D eigenvalue weighted by Gasteiger charge is -2.44. The molecule has 0 radical (unpaired) electrons. The highest BCUT2D eigenvalue weighted by molar-refractivity contribution is 7.91. The molecule has 1 unspecified atom stereocenters. The fraction of sp³-hybridized carbons (Fsp3) is 0.333. The van der Waals surface area contributed by atoms with Gasteiger partial charge in [-0.2, -0.15) is 0 Å². The molecule has 176 valence electrons. The van der Waals surface area contributed by atoms with Gasteiger partial charge in [0.25, 0.3) is 5.90 Å². The summed E-state index contributed by atoms with van der Waals surface area (Å²) in [4.78, 5) is 18.5. The molecule has 33 heavy (non-hydrogen) atoms. The summed E-state index contributed by atoms with van der Waals surface area (Å²) in [6.07, 6.45) is 0.952. The number of hydrogen-bond donors (Lipinski definition) is 0. The van der Waals surface area contributed by atoms with Gasteiger partial charge in [0.2, 0.25) is 5.91 Å². The Morgan fingerprint density at radius 1 is 1.15 bits per heavy atom. The zero-order chi connectivity index (χ0) is 24.2. The van der Waals surface area contributed by atoms with Crippen molar-refractivity contribution in [3.05, 3.63) is 69.0 Å². The highest BCUT2D eigenvalue weighted by Gasteiger charge is 2.47. The van der Waals surface area contributed by atoms with E-state index < -0.39 is 38.8 Å². The van der Waals surface area contributed by atoms with Crippen molar-refractivity contribution in [2.75, 3.05) is 25.1 Å². The van der Waals surface area contributed by atoms with E-state index in [4.69, 9.17) is 32.8 Å². The van der Waals surface area contributed by atoms with Crippen LogP contribution in [0.5, 0.6) is 0 Å². The van der Waals surface area contributed by atoms with Crippen LogP contribution in [0.3, 0.4) is 0 Å². The maximum atomic E-state index is 15.2. The molecule has 7 nitrogen and oxygen atoms in total. The van der Waals surface area contributed by atoms with Crippen molar-refractivity contribution in [1.29, 1.82) is 0 Å². The van der Waals surface area contributed by atoms with Gasteiger partial charge in [0, 0.05) is 24.3 Å². The highest BCUT2D eigenvalue weighted by Crippen LogP contribution is 2.39. The molecule has 0 spiro atoms. The van der Waals surface area contributed by atoms with Gasteiger partial charge < -0.3 is 14.5 Å². The number of benzene rings is 2. The number of rotatable bonds is 5. The van der Waals surface area contributed by atoms with Crippen LogP contribution in [0.15, 0.2) is 41.6 Å². The van der Waals surface area contributed by atoms with Crippen LogP contribution in [0.4, 0.5) is 8.78 Å². The van der Waals surface area contributed by atoms with Crippen molar-refractivity contribution < 1.29 is 31.6 Å². The average molecular weight is 519 g/mol. The minimum absolute atomic E-state index is 0.118. The second kappa shape index (κ2) is 8.11. The Morgan fingerprint density at radius 3 is 2.27 bits per heavy atom. The third-order valence-corrected chi connectivity index (χ3v) is 6.69. The van der Waals surface area contributed by atoms with Gasteiger partial charge >= 0.3 is 5.79 Å². The topological polar surface area (TPSA) is 85.3 Å². The van der Waals surface area contributed by atoms with E-state index in [0.717, 1.165) is 11.2 Å². The van der Waals surface area contributed by atoms with Crippen molar-refractivity contribution in [2.45, 2.75) is 18.4 Å². The van der Waals surface area contributed by atoms with Crippen LogP contribution in [0.2, 0.25) is 10.0 Å². The zero-order valence-electron chi connectivity index (χ0n) is 17.4. The molecule has 1 saturated heterocycles. The quantitative estimate of drug-likeness (QED) is 0.562. The van der Waals surface area contributed by atoms with Gasteiger partial charge in [0.05, 0.1) is 23.1 Å². The summed E-state index contributed by atoms with van der Waals surface area (Å²) in [5.74, 6) is -3.32. The first-order valence-corrected chi connectivity index (χ1v) is 12.5. The first-order chi connectivity index (χ1) is 15.3. The first-order valence-electron chi connectivity index (χ1n) is 9.65. The standard InChI is InChI=1S/C21H18Cl2F2N2O5S/c1-20(14-7-15(22)18(24)16(23)8-14)31-19(26-32-20)12-3-5-13(6-4-12)21(25)10-27(11-21)17(28)9-33(2,29)30/h3-8H,9-11H2,1-2H3. The summed E-state index contributed by atoms with van der Waals surface area (Å²) in [6.45, 7) is 1.10. The number of carbonyl (C=O) groups is 1. The summed E-state index contributed by atoms with van der Waals surface area (Å²) in [6, 6.07) is 8.86. The van der Waals surface area contributed by atoms with Gasteiger partial charge in [-0.15, -0.1) is 0 Å². The van der Waals surface area contributed by atoms with Crippen LogP contribution >= 0.6 is 23.2 Å². The lowest BCUT2D eigenvalue weighted by Crippen LogP contribution is -2.59. The van der Waals surface area contributed by atoms with E-state index in [-0.39, 0.29) is 29.0 Å². The van der Waals surface area contributed by atoms with Crippen molar-refractivity contribution in [3.8, 4) is 0 Å². The van der Waals surface area contributed by atoms with Crippen molar-refractivity contribution in [3.63, 3.8) is 0 Å². The number of nitrogens with zero attached hydrogens (tertiary/aromatic N) is 2. The Hall–Kier alpha value is -2.43. The Bertz CT molecular complexity index is 1240. The number of carbonyl (C=O) groups excluding carboxylic acids is 1. The maximum absolute atomic E-state index is 15.2. The van der Waals surface area contributed by atoms with E-state index in [2.05, 4.69) is 5.16 Å². The van der Waals surface area contributed by atoms with Crippen LogP contribution in [-0.4, -0.2) is 50.2 Å². The molecule has 0 aliphatic carbocycles. The largest absolute Gasteiger partial charge is 0.426 e. The van der Waals surface area contributed by atoms with Crippen LogP contribution in [0.25, 0.3) is 0 Å². The molecule has 2 aromatic carbocycles. The molecule has 2 aromatic rings. The molecule has 12 heteroatoms. The van der Waals surface area contributed by atoms with Crippen LogP contribution in [0, 0.1) is 5.82 Å². The zero-order valence-corrected chi connectivity index (χ0v) is 19.8. The first kappa shape index (κ1) is 23.7. The molecule has 0 bridgehead atoms. The predicted octanol–water partition coefficient (Wildman–Crippen LogP) is 3.77. The van der Waals surface area contributed by atoms with Crippen molar-refractivity contribution in [1.82, 2.24) is 4.90 Å². The van der Waals surface area contributed by atoms with E-state index in [1.807, 2.05) is 0 Å². The monoisotopic (exact) mass is 518 g/mol. The number of hydrogen-bond acceptors (Lipinski definition) is 6. The molecule has 1 atom stereocenters. The van der Waals surface area contributed by atoms with Gasteiger partial charge in [-0.05, 0) is 35.0 Å². The minimum Gasteiger partial charge on any atom is -0.426 e. The van der Waals surface area contributed by atoms with Crippen molar-refractivity contribution >= 4 is 44.8 Å². The van der Waals surface area contributed by atoms with E-state index in [9.17, 15) is 17.6 Å². The smallest absolute Gasteiger partial charge is 0.301 e. The molecule has 0 N–H and O–H groups in total. The van der Waals surface area contributed by atoms with Gasteiger partial charge in [0.1, 0.15) is 5.75 Å². The number of alkyl halides is 1. The summed E-state index contributed by atoms with van der Waals surface area (Å²) >= 11 is 11.7. The number of ether oxygens (including phenoxy) is 1. The molecule has 1 amide bonds. The van der Waals surface area contributed by atoms with Crippen LogP contribution in [0.1, 0.15) is 23.6 Å². The van der Waals surface area contributed by atoms with Crippen LogP contribution < -0.4 is 0 Å². The molecular weight excluding hydrogens is 501 g/mol. The molecule has 2 heterocycles. The fourth-order valence-corrected chi connectivity index (χ4v) is 4.65. The lowest BCUT2D eigenvalue weighted by atomic mass is 9.87. The molecule has 4 rings (SSSR count). The summed E-state index contributed by atoms with van der Waals surface area (Å²) < 4.78 is 57.2. The molecule has 2 aliphatic heterocycles. The van der Waals surface area contributed by atoms with Crippen LogP contribution in [-0.2, 0) is 35.7 Å². The third kappa shape index (κ3) is 4.64. The van der Waals surface area contributed by atoms with E-state index in [1.165, 1.54) is 24.3 Å². The number of sulfone groups is 1. The number of likely N-dealkylation sites (tertiary alicyclic amines) is 1. The second-order valence-electron chi connectivity index (χ2n) is 8.15. The third-order valence-electron chi connectivity index (χ3n) is 5.37. The van der Waals surface area contributed by atoms with Gasteiger partial charge in [0.15, 0.2) is 21.3 Å². The number of oxime groups is 1. The Labute approximate surface area is 198 Å². The van der Waals surface area contributed by atoms with Gasteiger partial charge in [-0.1, -0.05) is 35.3 Å². The SMILES string of the molecule is CC1(c2cc(Cl)c(F)c(Cl)c2)ON=C(c2ccc(C3(F)CN(C(=O)CS(C)(=O)=O)C3)cc2)O1. The highest BCUT2D eigenvalue weighted by atomic mass is 35.5. The summed E-state index contributed by atoms with van der Waals surface area (Å²) in [5.41, 5.74) is -0.606. The van der Waals surface area contributed by atoms with E-state index in [0.29, 0.717) is 16.7 Å². The Balaban J connectivity index is 1.44. The molecule has 0 aromatic heterocycles. The average Bonchev–Trinajstić information content (AvgIpc) is 3.11. The molecule has 2 aliphatic rings. The molecule has 1 fully saturated rings. The minimum atomic E-state index is -3.48. The molecule has 0 saturated carbocycles. The maximum Gasteiger partial charge on any atom is 0.301 e. The number of halogens is 4. The fourth-order valence-electron chi connectivity index (χ4n) is 3.54. The van der Waals surface area contributed by atoms with E-state index >= 15 is 4.39 Å². The predicted molar refractivity (Wildman–Crippen MR) is 118 cm³/mol. The van der Waals surface area contributed by atoms with E-state index in [1.54, 1.807) is 19.1 Å². The summed E-state index contributed by atoms with van der Waals surface area (Å²) in [5, 5.41) is 3.54. The van der Waals surface area contributed by atoms with Gasteiger partial charge in [-0.3, -0.25) is 4.79 Å². The normalized spacial score (nSPS) is 21.6. The summed E-state index contributed by atoms with van der Waals surface area (Å²) in [7, 11) is -3.48. The Kier molecular flexibility index (Phi) is 5.83. The van der Waals surface area contributed by atoms with Gasteiger partial charge in [-0.25, -0.2) is 17.2 Å².